The lowest BCUT2D eigenvalue weighted by atomic mass is 10.0. The summed E-state index contributed by atoms with van der Waals surface area (Å²) in [6, 6.07) is 15.9. The molecule has 3 amide bonds. The third kappa shape index (κ3) is 9.53. The summed E-state index contributed by atoms with van der Waals surface area (Å²) < 4.78 is 0. The molecule has 0 fully saturated rings. The number of carbonyl (C=O) groups is 4. The van der Waals surface area contributed by atoms with Crippen LogP contribution in [0.25, 0.3) is 0 Å². The molecule has 0 radical (unpaired) electrons. The summed E-state index contributed by atoms with van der Waals surface area (Å²) in [6.45, 7) is 3.77. The molecule has 2 aromatic carbocycles. The highest BCUT2D eigenvalue weighted by molar-refractivity contribution is 8.00. The number of benzene rings is 2. The van der Waals surface area contributed by atoms with E-state index in [4.69, 9.17) is 0 Å². The van der Waals surface area contributed by atoms with E-state index in [1.165, 1.54) is 18.6 Å². The molecule has 1 heterocycles. The van der Waals surface area contributed by atoms with Crippen molar-refractivity contribution in [3.05, 3.63) is 90.5 Å². The quantitative estimate of drug-likeness (QED) is 0.188. The van der Waals surface area contributed by atoms with Crippen LogP contribution in [-0.4, -0.2) is 56.2 Å². The monoisotopic (exact) mass is 549 g/mol. The van der Waals surface area contributed by atoms with Gasteiger partial charge in [-0.05, 0) is 30.0 Å². The number of carbonyl (C=O) groups excluding carboxylic acids is 3. The molecule has 0 saturated carbocycles. The van der Waals surface area contributed by atoms with E-state index >= 15 is 0 Å². The molecule has 3 rings (SSSR count). The molecule has 4 N–H and O–H groups in total. The van der Waals surface area contributed by atoms with E-state index in [9.17, 15) is 24.3 Å². The molecule has 0 aliphatic carbocycles. The van der Waals surface area contributed by atoms with Crippen molar-refractivity contribution in [3.8, 4) is 0 Å². The Morgan fingerprint density at radius 1 is 0.846 bits per heavy atom. The Morgan fingerprint density at radius 2 is 1.49 bits per heavy atom. The van der Waals surface area contributed by atoms with Crippen LogP contribution in [0, 0.1) is 5.92 Å². The van der Waals surface area contributed by atoms with Crippen molar-refractivity contribution in [2.24, 2.45) is 5.92 Å². The fourth-order valence-electron chi connectivity index (χ4n) is 3.69. The number of thioether (sulfide) groups is 1. The average Bonchev–Trinajstić information content (AvgIpc) is 2.93. The van der Waals surface area contributed by atoms with Crippen LogP contribution < -0.4 is 16.0 Å². The predicted molar refractivity (Wildman–Crippen MR) is 147 cm³/mol. The van der Waals surface area contributed by atoms with E-state index in [1.54, 1.807) is 24.3 Å². The lowest BCUT2D eigenvalue weighted by Gasteiger charge is -2.25. The number of carboxylic acids is 1. The van der Waals surface area contributed by atoms with Crippen molar-refractivity contribution in [1.29, 1.82) is 0 Å². The second-order valence-electron chi connectivity index (χ2n) is 9.15. The standard InChI is InChI=1S/C28H31N5O5S/c1-18(2)15-21(25(35)33-27(28(37)38)39-20-11-7-4-8-12-20)31-24(34)22(16-19-9-5-3-6-10-19)32-26(36)23-17-29-13-14-30-23/h3-14,17-18,21-22,27H,15-16H2,1-2H3,(H,31,34)(H,32,36)(H,33,35)(H,37,38)/t21-,22-,27?/m0/s1. The largest absolute Gasteiger partial charge is 0.479 e. The normalized spacial score (nSPS) is 13.1. The molecule has 1 unspecified atom stereocenters. The maximum absolute atomic E-state index is 13.5. The molecule has 10 nitrogen and oxygen atoms in total. The number of hydrogen-bond acceptors (Lipinski definition) is 7. The van der Waals surface area contributed by atoms with Crippen LogP contribution in [0.3, 0.4) is 0 Å². The summed E-state index contributed by atoms with van der Waals surface area (Å²) >= 11 is 0.980. The Hall–Kier alpha value is -4.25. The zero-order valence-electron chi connectivity index (χ0n) is 21.6. The number of hydrogen-bond donors (Lipinski definition) is 4. The molecule has 11 heteroatoms. The molecule has 204 valence electrons. The smallest absolute Gasteiger partial charge is 0.337 e. The lowest BCUT2D eigenvalue weighted by molar-refractivity contribution is -0.139. The van der Waals surface area contributed by atoms with Gasteiger partial charge < -0.3 is 21.1 Å². The highest BCUT2D eigenvalue weighted by Gasteiger charge is 2.31. The van der Waals surface area contributed by atoms with Gasteiger partial charge in [0.25, 0.3) is 5.91 Å². The topological polar surface area (TPSA) is 150 Å². The fourth-order valence-corrected chi connectivity index (χ4v) is 4.55. The summed E-state index contributed by atoms with van der Waals surface area (Å²) in [6.07, 6.45) is 4.52. The van der Waals surface area contributed by atoms with Gasteiger partial charge in [-0.25, -0.2) is 9.78 Å². The summed E-state index contributed by atoms with van der Waals surface area (Å²) in [5.74, 6) is -3.02. The maximum atomic E-state index is 13.5. The summed E-state index contributed by atoms with van der Waals surface area (Å²) in [5.41, 5.74) is 0.842. The van der Waals surface area contributed by atoms with E-state index < -0.39 is 41.1 Å². The third-order valence-electron chi connectivity index (χ3n) is 5.54. The number of carboxylic acid groups (broad SMARTS) is 1. The summed E-state index contributed by atoms with van der Waals surface area (Å²) in [4.78, 5) is 59.9. The van der Waals surface area contributed by atoms with Crippen LogP contribution in [0.2, 0.25) is 0 Å². The van der Waals surface area contributed by atoms with Crippen LogP contribution in [0.15, 0.2) is 84.1 Å². The Bertz CT molecular complexity index is 1240. The van der Waals surface area contributed by atoms with Crippen molar-refractivity contribution >= 4 is 35.5 Å². The van der Waals surface area contributed by atoms with Crippen molar-refractivity contribution in [2.75, 3.05) is 0 Å². The van der Waals surface area contributed by atoms with Crippen molar-refractivity contribution in [2.45, 2.75) is 49.0 Å². The van der Waals surface area contributed by atoms with Gasteiger partial charge in [-0.15, -0.1) is 0 Å². The molecule has 0 aliphatic rings. The van der Waals surface area contributed by atoms with Gasteiger partial charge in [0, 0.05) is 23.7 Å². The van der Waals surface area contributed by atoms with E-state index in [0.29, 0.717) is 4.90 Å². The maximum Gasteiger partial charge on any atom is 0.337 e. The molecular formula is C28H31N5O5S. The molecule has 0 bridgehead atoms. The van der Waals surface area contributed by atoms with Gasteiger partial charge in [0.1, 0.15) is 17.8 Å². The minimum atomic E-state index is -1.26. The highest BCUT2D eigenvalue weighted by Crippen LogP contribution is 2.22. The first kappa shape index (κ1) is 29.3. The molecule has 0 spiro atoms. The number of rotatable bonds is 13. The Labute approximate surface area is 231 Å². The van der Waals surface area contributed by atoms with E-state index in [-0.39, 0.29) is 24.5 Å². The number of nitrogens with one attached hydrogen (secondary N) is 3. The minimum absolute atomic E-state index is 0.00728. The SMILES string of the molecule is CC(C)C[C@H](NC(=O)[C@H](Cc1ccccc1)NC(=O)c1cnccn1)C(=O)NC(Sc1ccccc1)C(=O)O. The Morgan fingerprint density at radius 3 is 2.08 bits per heavy atom. The predicted octanol–water partition coefficient (Wildman–Crippen LogP) is 2.67. The first-order chi connectivity index (χ1) is 18.7. The van der Waals surface area contributed by atoms with Crippen molar-refractivity contribution in [3.63, 3.8) is 0 Å². The van der Waals surface area contributed by atoms with E-state index in [2.05, 4.69) is 25.9 Å². The van der Waals surface area contributed by atoms with Crippen LogP contribution in [-0.2, 0) is 20.8 Å². The molecular weight excluding hydrogens is 518 g/mol. The van der Waals surface area contributed by atoms with Gasteiger partial charge in [-0.1, -0.05) is 74.1 Å². The van der Waals surface area contributed by atoms with E-state index in [0.717, 1.165) is 17.3 Å². The number of nitrogens with zero attached hydrogens (tertiary/aromatic N) is 2. The Balaban J connectivity index is 1.77. The zero-order valence-corrected chi connectivity index (χ0v) is 22.4. The van der Waals surface area contributed by atoms with Crippen molar-refractivity contribution < 1.29 is 24.3 Å². The van der Waals surface area contributed by atoms with Gasteiger partial charge in [0.2, 0.25) is 11.8 Å². The number of amides is 3. The minimum Gasteiger partial charge on any atom is -0.479 e. The molecule has 3 aromatic rings. The van der Waals surface area contributed by atoms with Crippen LogP contribution >= 0.6 is 11.8 Å². The second-order valence-corrected chi connectivity index (χ2v) is 10.3. The number of aromatic nitrogens is 2. The van der Waals surface area contributed by atoms with Crippen LogP contribution in [0.5, 0.6) is 0 Å². The second kappa shape index (κ2) is 14.6. The van der Waals surface area contributed by atoms with Crippen LogP contribution in [0.4, 0.5) is 0 Å². The molecule has 39 heavy (non-hydrogen) atoms. The summed E-state index contributed by atoms with van der Waals surface area (Å²) in [7, 11) is 0. The third-order valence-corrected chi connectivity index (χ3v) is 6.63. The molecule has 0 saturated heterocycles. The van der Waals surface area contributed by atoms with Crippen LogP contribution in [0.1, 0.15) is 36.3 Å². The van der Waals surface area contributed by atoms with Gasteiger partial charge >= 0.3 is 5.97 Å². The van der Waals surface area contributed by atoms with Gasteiger partial charge in [0.15, 0.2) is 5.37 Å². The van der Waals surface area contributed by atoms with E-state index in [1.807, 2.05) is 50.2 Å². The van der Waals surface area contributed by atoms with Gasteiger partial charge in [-0.3, -0.25) is 19.4 Å². The average molecular weight is 550 g/mol. The van der Waals surface area contributed by atoms with Gasteiger partial charge in [-0.2, -0.15) is 0 Å². The lowest BCUT2D eigenvalue weighted by Crippen LogP contribution is -2.56. The zero-order chi connectivity index (χ0) is 28.2. The summed E-state index contributed by atoms with van der Waals surface area (Å²) in [5, 5.41) is 16.4. The number of aliphatic carboxylic acids is 1. The fraction of sp³-hybridized carbons (Fsp3) is 0.286. The van der Waals surface area contributed by atoms with Gasteiger partial charge in [0.05, 0.1) is 6.20 Å². The molecule has 1 aromatic heterocycles. The first-order valence-electron chi connectivity index (χ1n) is 12.4. The molecule has 0 aliphatic heterocycles. The van der Waals surface area contributed by atoms with Crippen molar-refractivity contribution in [1.82, 2.24) is 25.9 Å². The first-order valence-corrected chi connectivity index (χ1v) is 13.3. The molecule has 3 atom stereocenters. The Kier molecular flexibility index (Phi) is 11.0. The highest BCUT2D eigenvalue weighted by atomic mass is 32.2.